The van der Waals surface area contributed by atoms with Gasteiger partial charge in [0.1, 0.15) is 5.82 Å². The van der Waals surface area contributed by atoms with Gasteiger partial charge < -0.3 is 10.4 Å². The molecule has 0 aliphatic heterocycles. The summed E-state index contributed by atoms with van der Waals surface area (Å²) in [5.74, 6) is -1.42. The third-order valence-electron chi connectivity index (χ3n) is 4.11. The van der Waals surface area contributed by atoms with Gasteiger partial charge >= 0.3 is 5.97 Å². The van der Waals surface area contributed by atoms with Gasteiger partial charge in [0, 0.05) is 12.8 Å². The Balaban J connectivity index is 2.00. The lowest BCUT2D eigenvalue weighted by atomic mass is 9.96. The molecule has 2 aromatic rings. The van der Waals surface area contributed by atoms with Gasteiger partial charge in [-0.3, -0.25) is 9.59 Å². The summed E-state index contributed by atoms with van der Waals surface area (Å²) in [4.78, 5) is 23.3. The molecule has 25 heavy (non-hydrogen) atoms. The van der Waals surface area contributed by atoms with E-state index in [-0.39, 0.29) is 36.5 Å². The van der Waals surface area contributed by atoms with Crippen LogP contribution in [0.2, 0.25) is 0 Å². The predicted molar refractivity (Wildman–Crippen MR) is 93.6 cm³/mol. The summed E-state index contributed by atoms with van der Waals surface area (Å²) >= 11 is 0. The van der Waals surface area contributed by atoms with Crippen LogP contribution in [0.15, 0.2) is 54.6 Å². The number of hydrogen-bond acceptors (Lipinski definition) is 2. The standard InChI is InChI=1S/C20H22FNO3/c1-14(15-7-9-17(21)10-8-15)13-19(23)22-18(11-12-20(24)25)16-5-3-2-4-6-16/h2-10,14,18H,11-13H2,1H3,(H,22,23)(H,24,25). The molecule has 0 spiro atoms. The van der Waals surface area contributed by atoms with Crippen LogP contribution in [0.4, 0.5) is 4.39 Å². The van der Waals surface area contributed by atoms with Gasteiger partial charge in [0.15, 0.2) is 0 Å². The number of nitrogens with one attached hydrogen (secondary N) is 1. The molecule has 2 atom stereocenters. The lowest BCUT2D eigenvalue weighted by Gasteiger charge is -2.20. The minimum absolute atomic E-state index is 0.0205. The van der Waals surface area contributed by atoms with Crippen molar-refractivity contribution in [3.8, 4) is 0 Å². The molecule has 2 aromatic carbocycles. The van der Waals surface area contributed by atoms with Crippen molar-refractivity contribution in [2.75, 3.05) is 0 Å². The zero-order chi connectivity index (χ0) is 18.2. The molecule has 5 heteroatoms. The zero-order valence-corrected chi connectivity index (χ0v) is 14.1. The fraction of sp³-hybridized carbons (Fsp3) is 0.300. The summed E-state index contributed by atoms with van der Waals surface area (Å²) < 4.78 is 13.0. The minimum Gasteiger partial charge on any atom is -0.481 e. The van der Waals surface area contributed by atoms with Gasteiger partial charge in [-0.05, 0) is 35.6 Å². The number of benzene rings is 2. The summed E-state index contributed by atoms with van der Waals surface area (Å²) in [5, 5.41) is 11.8. The largest absolute Gasteiger partial charge is 0.481 e. The second-order valence-electron chi connectivity index (χ2n) is 6.12. The van der Waals surface area contributed by atoms with Crippen LogP contribution in [0.3, 0.4) is 0 Å². The lowest BCUT2D eigenvalue weighted by Crippen LogP contribution is -2.29. The highest BCUT2D eigenvalue weighted by molar-refractivity contribution is 5.77. The topological polar surface area (TPSA) is 66.4 Å². The molecular weight excluding hydrogens is 321 g/mol. The first-order chi connectivity index (χ1) is 12.0. The number of rotatable bonds is 8. The van der Waals surface area contributed by atoms with E-state index in [0.717, 1.165) is 11.1 Å². The van der Waals surface area contributed by atoms with E-state index >= 15 is 0 Å². The maximum Gasteiger partial charge on any atom is 0.303 e. The Labute approximate surface area is 146 Å². The van der Waals surface area contributed by atoms with E-state index in [1.807, 2.05) is 37.3 Å². The molecule has 4 nitrogen and oxygen atoms in total. The van der Waals surface area contributed by atoms with Gasteiger partial charge in [-0.25, -0.2) is 4.39 Å². The molecule has 0 bridgehead atoms. The molecule has 0 radical (unpaired) electrons. The second kappa shape index (κ2) is 8.97. The van der Waals surface area contributed by atoms with Crippen molar-refractivity contribution < 1.29 is 19.1 Å². The fourth-order valence-corrected chi connectivity index (χ4v) is 2.72. The van der Waals surface area contributed by atoms with Crippen LogP contribution in [0, 0.1) is 5.82 Å². The van der Waals surface area contributed by atoms with Gasteiger partial charge in [-0.2, -0.15) is 0 Å². The Kier molecular flexibility index (Phi) is 6.69. The van der Waals surface area contributed by atoms with E-state index in [0.29, 0.717) is 6.42 Å². The van der Waals surface area contributed by atoms with E-state index < -0.39 is 5.97 Å². The molecule has 132 valence electrons. The van der Waals surface area contributed by atoms with Crippen molar-refractivity contribution >= 4 is 11.9 Å². The van der Waals surface area contributed by atoms with Crippen LogP contribution in [-0.2, 0) is 9.59 Å². The van der Waals surface area contributed by atoms with Gasteiger partial charge in [0.25, 0.3) is 0 Å². The van der Waals surface area contributed by atoms with Gasteiger partial charge in [-0.15, -0.1) is 0 Å². The highest BCUT2D eigenvalue weighted by atomic mass is 19.1. The number of halogens is 1. The molecule has 1 amide bonds. The molecule has 0 saturated heterocycles. The van der Waals surface area contributed by atoms with Gasteiger partial charge in [-0.1, -0.05) is 49.4 Å². The van der Waals surface area contributed by atoms with Crippen molar-refractivity contribution in [3.05, 3.63) is 71.5 Å². The highest BCUT2D eigenvalue weighted by Gasteiger charge is 2.18. The van der Waals surface area contributed by atoms with E-state index in [1.165, 1.54) is 12.1 Å². The van der Waals surface area contributed by atoms with E-state index in [9.17, 15) is 14.0 Å². The molecule has 2 N–H and O–H groups in total. The fourth-order valence-electron chi connectivity index (χ4n) is 2.72. The quantitative estimate of drug-likeness (QED) is 0.760. The Morgan fingerprint density at radius 3 is 2.28 bits per heavy atom. The van der Waals surface area contributed by atoms with Crippen molar-refractivity contribution in [2.45, 2.75) is 38.1 Å². The Morgan fingerprint density at radius 2 is 1.68 bits per heavy atom. The van der Waals surface area contributed by atoms with Crippen molar-refractivity contribution in [1.29, 1.82) is 0 Å². The Bertz CT molecular complexity index is 701. The van der Waals surface area contributed by atoms with E-state index in [2.05, 4.69) is 5.32 Å². The number of amides is 1. The van der Waals surface area contributed by atoms with E-state index in [1.54, 1.807) is 12.1 Å². The molecule has 0 saturated carbocycles. The predicted octanol–water partition coefficient (Wildman–Crippen LogP) is 4.04. The minimum atomic E-state index is -0.894. The van der Waals surface area contributed by atoms with Gasteiger partial charge in [0.2, 0.25) is 5.91 Å². The Hall–Kier alpha value is -2.69. The van der Waals surface area contributed by atoms with Crippen LogP contribution in [0.5, 0.6) is 0 Å². The number of carboxylic acid groups (broad SMARTS) is 1. The highest BCUT2D eigenvalue weighted by Crippen LogP contribution is 2.22. The summed E-state index contributed by atoms with van der Waals surface area (Å²) in [7, 11) is 0. The number of aliphatic carboxylic acids is 1. The van der Waals surface area contributed by atoms with Crippen LogP contribution in [0.1, 0.15) is 49.3 Å². The monoisotopic (exact) mass is 343 g/mol. The summed E-state index contributed by atoms with van der Waals surface area (Å²) in [6.45, 7) is 1.90. The molecule has 0 fully saturated rings. The van der Waals surface area contributed by atoms with Crippen molar-refractivity contribution in [3.63, 3.8) is 0 Å². The molecule has 0 heterocycles. The van der Waals surface area contributed by atoms with Crippen LogP contribution < -0.4 is 5.32 Å². The molecule has 0 aromatic heterocycles. The second-order valence-corrected chi connectivity index (χ2v) is 6.12. The molecule has 0 aliphatic carbocycles. The smallest absolute Gasteiger partial charge is 0.303 e. The van der Waals surface area contributed by atoms with Crippen LogP contribution >= 0.6 is 0 Å². The number of hydrogen-bond donors (Lipinski definition) is 2. The van der Waals surface area contributed by atoms with Crippen LogP contribution in [0.25, 0.3) is 0 Å². The third-order valence-corrected chi connectivity index (χ3v) is 4.11. The van der Waals surface area contributed by atoms with E-state index in [4.69, 9.17) is 5.11 Å². The molecular formula is C20H22FNO3. The number of carbonyl (C=O) groups excluding carboxylic acids is 1. The first-order valence-electron chi connectivity index (χ1n) is 8.27. The van der Waals surface area contributed by atoms with Crippen molar-refractivity contribution in [2.24, 2.45) is 0 Å². The number of carbonyl (C=O) groups is 2. The third kappa shape index (κ3) is 6.03. The SMILES string of the molecule is CC(CC(=O)NC(CCC(=O)O)c1ccccc1)c1ccc(F)cc1. The van der Waals surface area contributed by atoms with Crippen LogP contribution in [-0.4, -0.2) is 17.0 Å². The normalized spacial score (nSPS) is 13.0. The summed E-state index contributed by atoms with van der Waals surface area (Å²) in [5.41, 5.74) is 1.77. The maximum atomic E-state index is 13.0. The first-order valence-corrected chi connectivity index (χ1v) is 8.27. The molecule has 2 rings (SSSR count). The first kappa shape index (κ1) is 18.6. The lowest BCUT2D eigenvalue weighted by molar-refractivity contribution is -0.137. The molecule has 0 aliphatic rings. The van der Waals surface area contributed by atoms with Crippen molar-refractivity contribution in [1.82, 2.24) is 5.32 Å². The average molecular weight is 343 g/mol. The average Bonchev–Trinajstić information content (AvgIpc) is 2.59. The molecule has 2 unspecified atom stereocenters. The summed E-state index contributed by atoms with van der Waals surface area (Å²) in [6, 6.07) is 15.1. The maximum absolute atomic E-state index is 13.0. The zero-order valence-electron chi connectivity index (χ0n) is 14.1. The van der Waals surface area contributed by atoms with Gasteiger partial charge in [0.05, 0.1) is 6.04 Å². The number of carboxylic acids is 1. The summed E-state index contributed by atoms with van der Waals surface area (Å²) in [6.07, 6.45) is 0.561. The Morgan fingerprint density at radius 1 is 1.04 bits per heavy atom.